The van der Waals surface area contributed by atoms with Gasteiger partial charge in [0.05, 0.1) is 26.4 Å². The number of hydrogen-bond donors (Lipinski definition) is 14. The van der Waals surface area contributed by atoms with E-state index in [4.69, 9.17) is 33.2 Å². The Labute approximate surface area is 272 Å². The summed E-state index contributed by atoms with van der Waals surface area (Å²) in [6.45, 7) is -1.83. The highest BCUT2D eigenvalue weighted by molar-refractivity contribution is 5.73. The van der Waals surface area contributed by atoms with Gasteiger partial charge in [0.1, 0.15) is 97.6 Å². The fourth-order valence-corrected chi connectivity index (χ4v) is 5.74. The van der Waals surface area contributed by atoms with Crippen LogP contribution in [0.15, 0.2) is 0 Å². The van der Waals surface area contributed by atoms with Gasteiger partial charge in [0.25, 0.3) is 0 Å². The lowest BCUT2D eigenvalue weighted by Crippen LogP contribution is -2.68. The number of nitrogens with one attached hydrogen (secondary N) is 1. The molecule has 4 aliphatic rings. The Morgan fingerprint density at radius 3 is 1.56 bits per heavy atom. The topological polar surface area (TPSA) is 357 Å². The molecule has 4 fully saturated rings. The van der Waals surface area contributed by atoms with Gasteiger partial charge in [-0.15, -0.1) is 0 Å². The van der Waals surface area contributed by atoms with Gasteiger partial charge < -0.3 is 105 Å². The molecule has 4 saturated heterocycles. The van der Waals surface area contributed by atoms with Crippen molar-refractivity contribution in [1.29, 1.82) is 0 Å². The smallest absolute Gasteiger partial charge is 0.217 e. The predicted molar refractivity (Wildman–Crippen MR) is 145 cm³/mol. The summed E-state index contributed by atoms with van der Waals surface area (Å²) in [5, 5.41) is 134. The monoisotopic (exact) mass is 707 g/mol. The van der Waals surface area contributed by atoms with Crippen molar-refractivity contribution in [3.8, 4) is 0 Å². The molecular formula is C26H45NO21. The molecule has 280 valence electrons. The van der Waals surface area contributed by atoms with Crippen LogP contribution in [-0.2, 0) is 38.0 Å². The highest BCUT2D eigenvalue weighted by atomic mass is 16.8. The minimum atomic E-state index is -1.89. The minimum Gasteiger partial charge on any atom is -0.394 e. The van der Waals surface area contributed by atoms with Gasteiger partial charge in [-0.25, -0.2) is 0 Å². The number of amides is 1. The Bertz CT molecular complexity index is 1030. The van der Waals surface area contributed by atoms with Crippen LogP contribution in [0.1, 0.15) is 6.92 Å². The molecule has 0 bridgehead atoms. The van der Waals surface area contributed by atoms with Crippen LogP contribution in [0.4, 0.5) is 0 Å². The Kier molecular flexibility index (Phi) is 13.8. The van der Waals surface area contributed by atoms with E-state index in [1.165, 1.54) is 0 Å². The molecule has 0 aromatic carbocycles. The summed E-state index contributed by atoms with van der Waals surface area (Å²) in [5.74, 6) is -0.693. The quantitative estimate of drug-likeness (QED) is 0.0947. The fraction of sp³-hybridized carbons (Fsp3) is 0.962. The Morgan fingerprint density at radius 1 is 0.542 bits per heavy atom. The first kappa shape index (κ1) is 39.5. The molecule has 0 radical (unpaired) electrons. The lowest BCUT2D eigenvalue weighted by molar-refractivity contribution is -0.354. The second kappa shape index (κ2) is 16.8. The number of carbonyl (C=O) groups is 1. The zero-order chi connectivity index (χ0) is 35.6. The van der Waals surface area contributed by atoms with Crippen molar-refractivity contribution >= 4 is 5.91 Å². The lowest BCUT2D eigenvalue weighted by atomic mass is 9.95. The SMILES string of the molecule is CC(=O)N[C@H]1[C@H](OC[C@H]2O[C@H](OC[C@H]3O[C@@H](O)[C@H](O)[C@@H](O)[C@@H]3O)[C@@H](O)[C@@H](O)[C@@H]2O)O[C@H](CO)[C@@H](O[C@@H]2O[C@H](CO)[C@H](O)[C@H](O)[C@H]2O)[C@@H]1O. The summed E-state index contributed by atoms with van der Waals surface area (Å²) in [6, 6.07) is -1.47. The fourth-order valence-electron chi connectivity index (χ4n) is 5.74. The van der Waals surface area contributed by atoms with E-state index in [1.54, 1.807) is 0 Å². The Hall–Kier alpha value is -1.33. The van der Waals surface area contributed by atoms with Crippen molar-refractivity contribution in [2.24, 2.45) is 0 Å². The summed E-state index contributed by atoms with van der Waals surface area (Å²) >= 11 is 0. The molecule has 0 unspecified atom stereocenters. The Balaban J connectivity index is 1.42. The summed E-state index contributed by atoms with van der Waals surface area (Å²) in [5.41, 5.74) is 0. The van der Waals surface area contributed by atoms with E-state index in [-0.39, 0.29) is 0 Å². The molecule has 4 rings (SSSR count). The summed E-state index contributed by atoms with van der Waals surface area (Å²) in [7, 11) is 0. The number of aliphatic hydroxyl groups excluding tert-OH is 13. The van der Waals surface area contributed by atoms with Gasteiger partial charge in [0, 0.05) is 6.92 Å². The van der Waals surface area contributed by atoms with Gasteiger partial charge in [-0.3, -0.25) is 4.79 Å². The molecule has 20 atom stereocenters. The maximum Gasteiger partial charge on any atom is 0.217 e. The van der Waals surface area contributed by atoms with E-state index in [2.05, 4.69) is 5.32 Å². The number of ether oxygens (including phenoxy) is 7. The van der Waals surface area contributed by atoms with Crippen molar-refractivity contribution in [2.75, 3.05) is 26.4 Å². The van der Waals surface area contributed by atoms with Crippen LogP contribution in [0, 0.1) is 0 Å². The Morgan fingerprint density at radius 2 is 1.00 bits per heavy atom. The van der Waals surface area contributed by atoms with Gasteiger partial charge in [0.15, 0.2) is 25.2 Å². The maximum atomic E-state index is 12.0. The lowest BCUT2D eigenvalue weighted by Gasteiger charge is -2.47. The van der Waals surface area contributed by atoms with Crippen molar-refractivity contribution in [1.82, 2.24) is 5.32 Å². The highest BCUT2D eigenvalue weighted by Crippen LogP contribution is 2.31. The average molecular weight is 708 g/mol. The van der Waals surface area contributed by atoms with Gasteiger partial charge in [-0.1, -0.05) is 0 Å². The maximum absolute atomic E-state index is 12.0. The molecule has 1 amide bonds. The molecule has 0 spiro atoms. The predicted octanol–water partition coefficient (Wildman–Crippen LogP) is -9.61. The van der Waals surface area contributed by atoms with E-state index in [0.29, 0.717) is 0 Å². The highest BCUT2D eigenvalue weighted by Gasteiger charge is 2.52. The summed E-state index contributed by atoms with van der Waals surface area (Å²) in [4.78, 5) is 12.0. The standard InChI is InChI=1S/C26H45NO21/c1-6(30)27-11-15(34)22(48-26-21(40)17(36)12(31)7(2-28)45-26)8(3-29)46-24(11)42-5-10-14(33)18(37)20(39)25(47-10)43-4-9-13(32)16(35)19(38)23(41)44-9/h7-26,28-29,31-41H,2-5H2,1H3,(H,27,30)/t7-,8-,9-,10-,11-,12+,13-,14-,15-,16+,17+,18+,19-,20+,21-,22-,23-,24-,25+,26+/m1/s1. The van der Waals surface area contributed by atoms with Gasteiger partial charge in [-0.2, -0.15) is 0 Å². The molecule has 0 aliphatic carbocycles. The third kappa shape index (κ3) is 8.41. The molecule has 4 aliphatic heterocycles. The molecule has 0 saturated carbocycles. The average Bonchev–Trinajstić information content (AvgIpc) is 3.06. The molecule has 22 heteroatoms. The van der Waals surface area contributed by atoms with Crippen molar-refractivity contribution in [3.05, 3.63) is 0 Å². The zero-order valence-electron chi connectivity index (χ0n) is 25.5. The molecule has 4 heterocycles. The second-order valence-corrected chi connectivity index (χ2v) is 12.0. The van der Waals surface area contributed by atoms with Gasteiger partial charge >= 0.3 is 0 Å². The number of hydrogen-bond acceptors (Lipinski definition) is 21. The van der Waals surface area contributed by atoms with Crippen LogP contribution in [0.5, 0.6) is 0 Å². The first-order valence-electron chi connectivity index (χ1n) is 15.1. The van der Waals surface area contributed by atoms with Crippen molar-refractivity contribution in [2.45, 2.75) is 130 Å². The second-order valence-electron chi connectivity index (χ2n) is 12.0. The van der Waals surface area contributed by atoms with Crippen molar-refractivity contribution in [3.63, 3.8) is 0 Å². The third-order valence-electron chi connectivity index (χ3n) is 8.57. The summed E-state index contributed by atoms with van der Waals surface area (Å²) in [6.07, 6.45) is -32.3. The van der Waals surface area contributed by atoms with Crippen LogP contribution in [-0.4, -0.2) is 221 Å². The van der Waals surface area contributed by atoms with Crippen LogP contribution in [0.3, 0.4) is 0 Å². The number of rotatable bonds is 11. The zero-order valence-corrected chi connectivity index (χ0v) is 25.5. The van der Waals surface area contributed by atoms with Crippen molar-refractivity contribution < 1.29 is 104 Å². The van der Waals surface area contributed by atoms with Crippen LogP contribution >= 0.6 is 0 Å². The molecule has 0 aromatic heterocycles. The van der Waals surface area contributed by atoms with Gasteiger partial charge in [-0.05, 0) is 0 Å². The van der Waals surface area contributed by atoms with E-state index in [0.717, 1.165) is 6.92 Å². The largest absolute Gasteiger partial charge is 0.394 e. The van der Waals surface area contributed by atoms with Crippen LogP contribution in [0.25, 0.3) is 0 Å². The first-order valence-corrected chi connectivity index (χ1v) is 15.1. The number of carbonyl (C=O) groups excluding carboxylic acids is 1. The molecule has 0 aromatic rings. The minimum absolute atomic E-state index is 0.642. The third-order valence-corrected chi connectivity index (χ3v) is 8.57. The van der Waals surface area contributed by atoms with E-state index in [1.807, 2.05) is 0 Å². The normalized spacial score (nSPS) is 50.2. The van der Waals surface area contributed by atoms with E-state index in [9.17, 15) is 71.2 Å². The van der Waals surface area contributed by atoms with E-state index < -0.39 is 155 Å². The van der Waals surface area contributed by atoms with Crippen LogP contribution < -0.4 is 5.32 Å². The summed E-state index contributed by atoms with van der Waals surface area (Å²) < 4.78 is 38.2. The van der Waals surface area contributed by atoms with Gasteiger partial charge in [0.2, 0.25) is 5.91 Å². The molecular weight excluding hydrogens is 662 g/mol. The number of aliphatic hydroxyl groups is 13. The first-order chi connectivity index (χ1) is 22.6. The molecule has 14 N–H and O–H groups in total. The molecule has 22 nitrogen and oxygen atoms in total. The molecule has 48 heavy (non-hydrogen) atoms. The van der Waals surface area contributed by atoms with Crippen LogP contribution in [0.2, 0.25) is 0 Å². The van der Waals surface area contributed by atoms with E-state index >= 15 is 0 Å².